The molecule has 2 rings (SSSR count). The maximum Gasteiger partial charge on any atom is 0.301 e. The molecule has 1 saturated heterocycles. The monoisotopic (exact) mass is 269 g/mol. The second kappa shape index (κ2) is 5.16. The summed E-state index contributed by atoms with van der Waals surface area (Å²) < 4.78 is 28.4. The SMILES string of the molecule is CC1CCCN(S(=O)(=O)Nc2cccc(N)c2)C1. The molecule has 1 heterocycles. The molecular formula is C12H19N3O2S. The van der Waals surface area contributed by atoms with Gasteiger partial charge in [-0.1, -0.05) is 13.0 Å². The molecule has 1 aromatic rings. The van der Waals surface area contributed by atoms with Crippen molar-refractivity contribution in [1.82, 2.24) is 4.31 Å². The van der Waals surface area contributed by atoms with Crippen LogP contribution >= 0.6 is 0 Å². The first kappa shape index (κ1) is 13.2. The van der Waals surface area contributed by atoms with Crippen LogP contribution in [-0.2, 0) is 10.2 Å². The van der Waals surface area contributed by atoms with Crippen LogP contribution < -0.4 is 10.5 Å². The van der Waals surface area contributed by atoms with Gasteiger partial charge in [0, 0.05) is 18.8 Å². The third-order valence-electron chi connectivity index (χ3n) is 3.09. The van der Waals surface area contributed by atoms with Crippen LogP contribution in [0.4, 0.5) is 11.4 Å². The fourth-order valence-electron chi connectivity index (χ4n) is 2.18. The standard InChI is InChI=1S/C12H19N3O2S/c1-10-4-3-7-15(9-10)18(16,17)14-12-6-2-5-11(13)8-12/h2,5-6,8,10,14H,3-4,7,9,13H2,1H3. The summed E-state index contributed by atoms with van der Waals surface area (Å²) in [6.45, 7) is 3.24. The Bertz CT molecular complexity index is 516. The van der Waals surface area contributed by atoms with Gasteiger partial charge in [-0.05, 0) is 37.0 Å². The van der Waals surface area contributed by atoms with Crippen LogP contribution in [0.5, 0.6) is 0 Å². The zero-order valence-electron chi connectivity index (χ0n) is 10.5. The van der Waals surface area contributed by atoms with Crippen LogP contribution in [0.25, 0.3) is 0 Å². The number of hydrogen-bond acceptors (Lipinski definition) is 3. The summed E-state index contributed by atoms with van der Waals surface area (Å²) in [6, 6.07) is 6.76. The van der Waals surface area contributed by atoms with Gasteiger partial charge in [-0.2, -0.15) is 12.7 Å². The maximum absolute atomic E-state index is 12.2. The first-order valence-electron chi connectivity index (χ1n) is 6.11. The molecule has 6 heteroatoms. The molecule has 1 aliphatic rings. The molecule has 5 nitrogen and oxygen atoms in total. The Balaban J connectivity index is 2.11. The number of rotatable bonds is 3. The molecule has 0 radical (unpaired) electrons. The summed E-state index contributed by atoms with van der Waals surface area (Å²) in [6.07, 6.45) is 2.00. The maximum atomic E-state index is 12.2. The molecule has 0 aliphatic carbocycles. The molecule has 1 aromatic carbocycles. The number of nitrogens with two attached hydrogens (primary N) is 1. The zero-order valence-corrected chi connectivity index (χ0v) is 11.3. The van der Waals surface area contributed by atoms with Crippen molar-refractivity contribution in [2.75, 3.05) is 23.5 Å². The highest BCUT2D eigenvalue weighted by Crippen LogP contribution is 2.20. The van der Waals surface area contributed by atoms with Gasteiger partial charge in [0.15, 0.2) is 0 Å². The summed E-state index contributed by atoms with van der Waals surface area (Å²) >= 11 is 0. The van der Waals surface area contributed by atoms with E-state index in [4.69, 9.17) is 5.73 Å². The molecule has 18 heavy (non-hydrogen) atoms. The molecule has 0 amide bonds. The van der Waals surface area contributed by atoms with Crippen LogP contribution in [0, 0.1) is 5.92 Å². The Morgan fingerprint density at radius 2 is 2.22 bits per heavy atom. The predicted octanol–water partition coefficient (Wildman–Crippen LogP) is 1.66. The van der Waals surface area contributed by atoms with E-state index in [0.717, 1.165) is 12.8 Å². The molecule has 0 saturated carbocycles. The summed E-state index contributed by atoms with van der Waals surface area (Å²) in [5.41, 5.74) is 6.68. The van der Waals surface area contributed by atoms with Crippen LogP contribution in [0.2, 0.25) is 0 Å². The minimum Gasteiger partial charge on any atom is -0.399 e. The summed E-state index contributed by atoms with van der Waals surface area (Å²) in [4.78, 5) is 0. The van der Waals surface area contributed by atoms with Crippen molar-refractivity contribution in [3.05, 3.63) is 24.3 Å². The lowest BCUT2D eigenvalue weighted by Gasteiger charge is -2.30. The lowest BCUT2D eigenvalue weighted by Crippen LogP contribution is -2.42. The molecule has 1 atom stereocenters. The smallest absolute Gasteiger partial charge is 0.301 e. The van der Waals surface area contributed by atoms with Crippen molar-refractivity contribution in [1.29, 1.82) is 0 Å². The van der Waals surface area contributed by atoms with Gasteiger partial charge in [-0.25, -0.2) is 0 Å². The molecular weight excluding hydrogens is 250 g/mol. The second-order valence-corrected chi connectivity index (χ2v) is 6.51. The van der Waals surface area contributed by atoms with E-state index in [1.165, 1.54) is 4.31 Å². The number of nitrogens with one attached hydrogen (secondary N) is 1. The normalized spacial score (nSPS) is 21.7. The fraction of sp³-hybridized carbons (Fsp3) is 0.500. The number of nitrogen functional groups attached to an aromatic ring is 1. The van der Waals surface area contributed by atoms with Gasteiger partial charge in [0.25, 0.3) is 0 Å². The molecule has 100 valence electrons. The van der Waals surface area contributed by atoms with Gasteiger partial charge in [-0.3, -0.25) is 4.72 Å². The Morgan fingerprint density at radius 1 is 1.44 bits per heavy atom. The quantitative estimate of drug-likeness (QED) is 0.819. The minimum atomic E-state index is -3.46. The lowest BCUT2D eigenvalue weighted by molar-refractivity contribution is 0.282. The number of benzene rings is 1. The molecule has 0 bridgehead atoms. The summed E-state index contributed by atoms with van der Waals surface area (Å²) in [5, 5.41) is 0. The van der Waals surface area contributed by atoms with Crippen molar-refractivity contribution < 1.29 is 8.42 Å². The number of piperidine rings is 1. The molecule has 0 spiro atoms. The third kappa shape index (κ3) is 3.14. The molecule has 1 unspecified atom stereocenters. The van der Waals surface area contributed by atoms with Crippen molar-refractivity contribution in [2.45, 2.75) is 19.8 Å². The Kier molecular flexibility index (Phi) is 3.77. The van der Waals surface area contributed by atoms with Gasteiger partial charge in [0.2, 0.25) is 0 Å². The highest BCUT2D eigenvalue weighted by atomic mass is 32.2. The Morgan fingerprint density at radius 3 is 2.89 bits per heavy atom. The van der Waals surface area contributed by atoms with Crippen LogP contribution in [0.1, 0.15) is 19.8 Å². The van der Waals surface area contributed by atoms with E-state index in [2.05, 4.69) is 11.6 Å². The molecule has 3 N–H and O–H groups in total. The van der Waals surface area contributed by atoms with Gasteiger partial charge < -0.3 is 5.73 Å². The Labute approximate surface area is 108 Å². The van der Waals surface area contributed by atoms with E-state index in [1.807, 2.05) is 0 Å². The number of nitrogens with zero attached hydrogens (tertiary/aromatic N) is 1. The van der Waals surface area contributed by atoms with Crippen LogP contribution in [-0.4, -0.2) is 25.8 Å². The average Bonchev–Trinajstić information content (AvgIpc) is 2.28. The highest BCUT2D eigenvalue weighted by Gasteiger charge is 2.26. The molecule has 0 aromatic heterocycles. The lowest BCUT2D eigenvalue weighted by atomic mass is 10.0. The topological polar surface area (TPSA) is 75.4 Å². The van der Waals surface area contributed by atoms with E-state index in [9.17, 15) is 8.42 Å². The zero-order chi connectivity index (χ0) is 13.2. The largest absolute Gasteiger partial charge is 0.399 e. The average molecular weight is 269 g/mol. The number of anilines is 2. The fourth-order valence-corrected chi connectivity index (χ4v) is 3.55. The van der Waals surface area contributed by atoms with E-state index < -0.39 is 10.2 Å². The van der Waals surface area contributed by atoms with Crippen molar-refractivity contribution in [2.24, 2.45) is 5.92 Å². The predicted molar refractivity (Wildman–Crippen MR) is 73.4 cm³/mol. The first-order valence-corrected chi connectivity index (χ1v) is 7.55. The first-order chi connectivity index (χ1) is 8.47. The minimum absolute atomic E-state index is 0.413. The van der Waals surface area contributed by atoms with Crippen molar-refractivity contribution in [3.8, 4) is 0 Å². The van der Waals surface area contributed by atoms with Gasteiger partial charge in [-0.15, -0.1) is 0 Å². The van der Waals surface area contributed by atoms with Gasteiger partial charge in [0.1, 0.15) is 0 Å². The third-order valence-corrected chi connectivity index (χ3v) is 4.60. The van der Waals surface area contributed by atoms with Gasteiger partial charge in [0.05, 0.1) is 5.69 Å². The van der Waals surface area contributed by atoms with E-state index >= 15 is 0 Å². The summed E-state index contributed by atoms with van der Waals surface area (Å²) in [7, 11) is -3.46. The van der Waals surface area contributed by atoms with Crippen LogP contribution in [0.3, 0.4) is 0 Å². The summed E-state index contributed by atoms with van der Waals surface area (Å²) in [5.74, 6) is 0.413. The van der Waals surface area contributed by atoms with E-state index in [-0.39, 0.29) is 0 Å². The number of hydrogen-bond donors (Lipinski definition) is 2. The van der Waals surface area contributed by atoms with E-state index in [1.54, 1.807) is 24.3 Å². The van der Waals surface area contributed by atoms with Gasteiger partial charge >= 0.3 is 10.2 Å². The van der Waals surface area contributed by atoms with Crippen LogP contribution in [0.15, 0.2) is 24.3 Å². The second-order valence-electron chi connectivity index (χ2n) is 4.84. The molecule has 1 aliphatic heterocycles. The van der Waals surface area contributed by atoms with Crippen molar-refractivity contribution >= 4 is 21.6 Å². The molecule has 1 fully saturated rings. The Hall–Kier alpha value is -1.27. The highest BCUT2D eigenvalue weighted by molar-refractivity contribution is 7.90. The van der Waals surface area contributed by atoms with E-state index in [0.29, 0.717) is 30.4 Å². The van der Waals surface area contributed by atoms with Crippen molar-refractivity contribution in [3.63, 3.8) is 0 Å².